The standard InChI is InChI=1S/C16H32O2/c1-12-8-9-14(18-16(5,6)7)13(10-12)11-17-15(2,3)4/h12-14H,8-11H2,1-7H3. The van der Waals surface area contributed by atoms with E-state index in [4.69, 9.17) is 9.47 Å². The number of ether oxygens (including phenoxy) is 2. The Hall–Kier alpha value is -0.0800. The lowest BCUT2D eigenvalue weighted by molar-refractivity contribution is -0.131. The number of rotatable bonds is 3. The fourth-order valence-corrected chi connectivity index (χ4v) is 2.61. The zero-order chi connectivity index (χ0) is 14.0. The van der Waals surface area contributed by atoms with Crippen LogP contribution in [0.25, 0.3) is 0 Å². The highest BCUT2D eigenvalue weighted by Crippen LogP contribution is 2.34. The monoisotopic (exact) mass is 256 g/mol. The van der Waals surface area contributed by atoms with Crippen LogP contribution in [0.1, 0.15) is 67.7 Å². The van der Waals surface area contributed by atoms with Crippen LogP contribution in [0.5, 0.6) is 0 Å². The van der Waals surface area contributed by atoms with Crippen LogP contribution < -0.4 is 0 Å². The van der Waals surface area contributed by atoms with Crippen LogP contribution in [0.2, 0.25) is 0 Å². The lowest BCUT2D eigenvalue weighted by Gasteiger charge is -2.39. The highest BCUT2D eigenvalue weighted by molar-refractivity contribution is 4.82. The van der Waals surface area contributed by atoms with Crippen LogP contribution in [-0.4, -0.2) is 23.9 Å². The van der Waals surface area contributed by atoms with Crippen molar-refractivity contribution >= 4 is 0 Å². The molecule has 1 aliphatic carbocycles. The molecule has 2 heteroatoms. The molecular weight excluding hydrogens is 224 g/mol. The van der Waals surface area contributed by atoms with E-state index in [2.05, 4.69) is 48.5 Å². The van der Waals surface area contributed by atoms with E-state index in [9.17, 15) is 0 Å². The van der Waals surface area contributed by atoms with Crippen LogP contribution in [0.4, 0.5) is 0 Å². The van der Waals surface area contributed by atoms with Crippen molar-refractivity contribution in [2.24, 2.45) is 11.8 Å². The first-order valence-corrected chi connectivity index (χ1v) is 7.38. The first-order chi connectivity index (χ1) is 8.07. The third kappa shape index (κ3) is 6.19. The molecule has 1 fully saturated rings. The SMILES string of the molecule is CC1CCC(OC(C)(C)C)C(COC(C)(C)C)C1. The van der Waals surface area contributed by atoms with Gasteiger partial charge in [-0.2, -0.15) is 0 Å². The van der Waals surface area contributed by atoms with Crippen LogP contribution in [0.15, 0.2) is 0 Å². The molecule has 18 heavy (non-hydrogen) atoms. The van der Waals surface area contributed by atoms with Crippen molar-refractivity contribution in [3.63, 3.8) is 0 Å². The van der Waals surface area contributed by atoms with E-state index in [-0.39, 0.29) is 11.2 Å². The molecule has 1 rings (SSSR count). The zero-order valence-electron chi connectivity index (χ0n) is 13.4. The van der Waals surface area contributed by atoms with Gasteiger partial charge in [0.05, 0.1) is 23.9 Å². The van der Waals surface area contributed by atoms with Crippen LogP contribution in [-0.2, 0) is 9.47 Å². The molecule has 1 saturated carbocycles. The summed E-state index contributed by atoms with van der Waals surface area (Å²) in [6.45, 7) is 16.0. The third-order valence-corrected chi connectivity index (χ3v) is 3.41. The topological polar surface area (TPSA) is 18.5 Å². The minimum atomic E-state index is -0.0504. The summed E-state index contributed by atoms with van der Waals surface area (Å²) in [4.78, 5) is 0. The molecule has 0 aromatic carbocycles. The van der Waals surface area contributed by atoms with Gasteiger partial charge in [0.2, 0.25) is 0 Å². The maximum absolute atomic E-state index is 6.22. The molecule has 0 aromatic heterocycles. The summed E-state index contributed by atoms with van der Waals surface area (Å²) in [5.74, 6) is 1.35. The molecule has 0 spiro atoms. The Kier molecular flexibility index (Phi) is 5.25. The smallest absolute Gasteiger partial charge is 0.0632 e. The minimum absolute atomic E-state index is 0.0486. The summed E-state index contributed by atoms with van der Waals surface area (Å²) >= 11 is 0. The number of hydrogen-bond acceptors (Lipinski definition) is 2. The van der Waals surface area contributed by atoms with Gasteiger partial charge >= 0.3 is 0 Å². The predicted octanol–water partition coefficient (Wildman–Crippen LogP) is 4.42. The number of hydrogen-bond donors (Lipinski definition) is 0. The van der Waals surface area contributed by atoms with Crippen molar-refractivity contribution in [1.29, 1.82) is 0 Å². The van der Waals surface area contributed by atoms with E-state index in [1.165, 1.54) is 19.3 Å². The molecule has 108 valence electrons. The summed E-state index contributed by atoms with van der Waals surface area (Å²) in [7, 11) is 0. The molecule has 1 aliphatic rings. The molecule has 0 aliphatic heterocycles. The van der Waals surface area contributed by atoms with E-state index in [0.717, 1.165) is 12.5 Å². The van der Waals surface area contributed by atoms with Crippen molar-refractivity contribution in [3.05, 3.63) is 0 Å². The van der Waals surface area contributed by atoms with Gasteiger partial charge in [0.1, 0.15) is 0 Å². The highest BCUT2D eigenvalue weighted by atomic mass is 16.5. The van der Waals surface area contributed by atoms with Crippen LogP contribution in [0.3, 0.4) is 0 Å². The Bertz CT molecular complexity index is 247. The van der Waals surface area contributed by atoms with Gasteiger partial charge in [-0.1, -0.05) is 6.92 Å². The molecule has 0 radical (unpaired) electrons. The van der Waals surface area contributed by atoms with Crippen molar-refractivity contribution < 1.29 is 9.47 Å². The first kappa shape index (κ1) is 16.0. The second-order valence-electron chi connectivity index (χ2n) is 7.87. The molecule has 0 aromatic rings. The zero-order valence-corrected chi connectivity index (χ0v) is 13.4. The van der Waals surface area contributed by atoms with Gasteiger partial charge in [-0.05, 0) is 66.7 Å². The Morgan fingerprint density at radius 2 is 1.56 bits per heavy atom. The summed E-state index contributed by atoms with van der Waals surface area (Å²) in [6, 6.07) is 0. The van der Waals surface area contributed by atoms with Gasteiger partial charge in [-0.3, -0.25) is 0 Å². The maximum atomic E-state index is 6.22. The summed E-state index contributed by atoms with van der Waals surface area (Å²) in [6.07, 6.45) is 4.06. The van der Waals surface area contributed by atoms with Crippen LogP contribution >= 0.6 is 0 Å². The molecule has 0 N–H and O–H groups in total. The predicted molar refractivity (Wildman–Crippen MR) is 76.8 cm³/mol. The largest absolute Gasteiger partial charge is 0.375 e. The van der Waals surface area contributed by atoms with Crippen molar-refractivity contribution in [3.8, 4) is 0 Å². The third-order valence-electron chi connectivity index (χ3n) is 3.41. The van der Waals surface area contributed by atoms with E-state index in [0.29, 0.717) is 12.0 Å². The van der Waals surface area contributed by atoms with E-state index < -0.39 is 0 Å². The molecule has 0 heterocycles. The Balaban J connectivity index is 2.57. The molecule has 0 bridgehead atoms. The Morgan fingerprint density at radius 1 is 0.944 bits per heavy atom. The first-order valence-electron chi connectivity index (χ1n) is 7.38. The maximum Gasteiger partial charge on any atom is 0.0632 e. The lowest BCUT2D eigenvalue weighted by atomic mass is 9.80. The van der Waals surface area contributed by atoms with Crippen molar-refractivity contribution in [2.75, 3.05) is 6.61 Å². The fourth-order valence-electron chi connectivity index (χ4n) is 2.61. The van der Waals surface area contributed by atoms with Gasteiger partial charge in [-0.25, -0.2) is 0 Å². The van der Waals surface area contributed by atoms with Gasteiger partial charge in [-0.15, -0.1) is 0 Å². The second-order valence-corrected chi connectivity index (χ2v) is 7.87. The summed E-state index contributed by atoms with van der Waals surface area (Å²) < 4.78 is 12.2. The van der Waals surface area contributed by atoms with Gasteiger partial charge in [0.15, 0.2) is 0 Å². The van der Waals surface area contributed by atoms with E-state index in [1.54, 1.807) is 0 Å². The van der Waals surface area contributed by atoms with Gasteiger partial charge in [0.25, 0.3) is 0 Å². The highest BCUT2D eigenvalue weighted by Gasteiger charge is 2.33. The molecule has 0 amide bonds. The Labute approximate surface area is 113 Å². The van der Waals surface area contributed by atoms with E-state index >= 15 is 0 Å². The minimum Gasteiger partial charge on any atom is -0.375 e. The van der Waals surface area contributed by atoms with Crippen molar-refractivity contribution in [2.45, 2.75) is 85.0 Å². The Morgan fingerprint density at radius 3 is 2.06 bits per heavy atom. The fraction of sp³-hybridized carbons (Fsp3) is 1.00. The average molecular weight is 256 g/mol. The molecule has 2 nitrogen and oxygen atoms in total. The molecular formula is C16H32O2. The van der Waals surface area contributed by atoms with Gasteiger partial charge < -0.3 is 9.47 Å². The molecule has 3 unspecified atom stereocenters. The summed E-state index contributed by atoms with van der Waals surface area (Å²) in [5, 5.41) is 0. The molecule has 3 atom stereocenters. The quantitative estimate of drug-likeness (QED) is 0.744. The van der Waals surface area contributed by atoms with Gasteiger partial charge in [0, 0.05) is 5.92 Å². The summed E-state index contributed by atoms with van der Waals surface area (Å²) in [5.41, 5.74) is -0.0990. The normalized spacial score (nSPS) is 30.5. The van der Waals surface area contributed by atoms with Crippen molar-refractivity contribution in [1.82, 2.24) is 0 Å². The lowest BCUT2D eigenvalue weighted by Crippen LogP contribution is -2.40. The average Bonchev–Trinajstić information content (AvgIpc) is 2.15. The molecule has 0 saturated heterocycles. The van der Waals surface area contributed by atoms with Crippen LogP contribution in [0, 0.1) is 11.8 Å². The second kappa shape index (κ2) is 5.92. The van der Waals surface area contributed by atoms with E-state index in [1.807, 2.05) is 0 Å².